The van der Waals surface area contributed by atoms with Crippen molar-refractivity contribution in [2.75, 3.05) is 19.0 Å². The number of nitrogens with zero attached hydrogens (tertiary/aromatic N) is 2. The van der Waals surface area contributed by atoms with Crippen molar-refractivity contribution in [3.05, 3.63) is 36.2 Å². The molecule has 2 aromatic rings. The van der Waals surface area contributed by atoms with Gasteiger partial charge in [-0.05, 0) is 18.4 Å². The number of ether oxygens (including phenoxy) is 1. The summed E-state index contributed by atoms with van der Waals surface area (Å²) in [6, 6.07) is 8.40. The Morgan fingerprint density at radius 3 is 2.45 bits per heavy atom. The van der Waals surface area contributed by atoms with Gasteiger partial charge in [-0.1, -0.05) is 38.1 Å². The summed E-state index contributed by atoms with van der Waals surface area (Å²) in [5.41, 5.74) is 3.18. The molecule has 0 fully saturated rings. The van der Waals surface area contributed by atoms with E-state index in [1.807, 2.05) is 0 Å². The number of anilines is 1. The molecule has 4 heteroatoms. The molecule has 0 saturated heterocycles. The Morgan fingerprint density at radius 1 is 1.10 bits per heavy atom. The quantitative estimate of drug-likeness (QED) is 0.873. The zero-order chi connectivity index (χ0) is 14.4. The van der Waals surface area contributed by atoms with Crippen molar-refractivity contribution in [2.45, 2.75) is 26.7 Å². The molecule has 2 rings (SSSR count). The molecule has 0 radical (unpaired) electrons. The molecule has 0 aliphatic heterocycles. The van der Waals surface area contributed by atoms with Crippen LogP contribution in [-0.2, 0) is 6.42 Å². The molecule has 0 atom stereocenters. The topological polar surface area (TPSA) is 47.0 Å². The molecule has 0 amide bonds. The van der Waals surface area contributed by atoms with Crippen LogP contribution in [0.4, 0.5) is 5.82 Å². The third kappa shape index (κ3) is 3.07. The summed E-state index contributed by atoms with van der Waals surface area (Å²) in [6.45, 7) is 5.12. The Morgan fingerprint density at radius 2 is 1.85 bits per heavy atom. The Bertz CT molecular complexity index is 552. The van der Waals surface area contributed by atoms with E-state index in [4.69, 9.17) is 4.74 Å². The van der Waals surface area contributed by atoms with Gasteiger partial charge in [0.05, 0.1) is 7.11 Å². The van der Waals surface area contributed by atoms with Crippen LogP contribution in [0, 0.1) is 0 Å². The molecule has 106 valence electrons. The van der Waals surface area contributed by atoms with Crippen LogP contribution in [0.5, 0.6) is 5.75 Å². The highest BCUT2D eigenvalue weighted by atomic mass is 16.5. The van der Waals surface area contributed by atoms with Crippen LogP contribution >= 0.6 is 0 Å². The molecule has 0 saturated carbocycles. The number of rotatable bonds is 6. The first kappa shape index (κ1) is 14.3. The molecule has 0 aliphatic rings. The lowest BCUT2D eigenvalue weighted by Crippen LogP contribution is -2.05. The second-order valence-corrected chi connectivity index (χ2v) is 4.58. The van der Waals surface area contributed by atoms with E-state index < -0.39 is 0 Å². The highest BCUT2D eigenvalue weighted by Crippen LogP contribution is 2.32. The minimum absolute atomic E-state index is 0.699. The van der Waals surface area contributed by atoms with Gasteiger partial charge < -0.3 is 10.1 Å². The van der Waals surface area contributed by atoms with Gasteiger partial charge >= 0.3 is 0 Å². The van der Waals surface area contributed by atoms with Crippen LogP contribution < -0.4 is 10.1 Å². The molecule has 0 aliphatic carbocycles. The summed E-state index contributed by atoms with van der Waals surface area (Å²) in [4.78, 5) is 8.63. The van der Waals surface area contributed by atoms with Crippen molar-refractivity contribution in [1.82, 2.24) is 9.97 Å². The molecule has 0 unspecified atom stereocenters. The summed E-state index contributed by atoms with van der Waals surface area (Å²) in [5.74, 6) is 1.45. The lowest BCUT2D eigenvalue weighted by molar-refractivity contribution is 0.414. The zero-order valence-corrected chi connectivity index (χ0v) is 12.3. The first-order chi connectivity index (χ1) is 9.80. The Kier molecular flexibility index (Phi) is 4.93. The van der Waals surface area contributed by atoms with Crippen molar-refractivity contribution in [3.8, 4) is 17.0 Å². The van der Waals surface area contributed by atoms with Crippen molar-refractivity contribution in [1.29, 1.82) is 0 Å². The smallest absolute Gasteiger partial charge is 0.187 e. The van der Waals surface area contributed by atoms with Gasteiger partial charge in [-0.15, -0.1) is 0 Å². The second-order valence-electron chi connectivity index (χ2n) is 4.58. The maximum atomic E-state index is 5.50. The predicted octanol–water partition coefficient (Wildman–Crippen LogP) is 3.54. The summed E-state index contributed by atoms with van der Waals surface area (Å²) in [6.07, 6.45) is 3.64. The minimum atomic E-state index is 0.699. The standard InChI is InChI=1S/C16H21N3O/c1-4-10-17-16-15(20-3)14(18-11-19-16)13-8-6-12(5-2)7-9-13/h6-9,11H,4-5,10H2,1-3H3,(H,17,18,19). The van der Waals surface area contributed by atoms with E-state index in [1.54, 1.807) is 13.4 Å². The van der Waals surface area contributed by atoms with E-state index in [0.717, 1.165) is 36.5 Å². The van der Waals surface area contributed by atoms with Crippen LogP contribution in [-0.4, -0.2) is 23.6 Å². The maximum Gasteiger partial charge on any atom is 0.187 e. The molecule has 20 heavy (non-hydrogen) atoms. The molecule has 1 aromatic heterocycles. The Labute approximate surface area is 120 Å². The number of hydrogen-bond acceptors (Lipinski definition) is 4. The number of nitrogens with one attached hydrogen (secondary N) is 1. The largest absolute Gasteiger partial charge is 0.491 e. The fourth-order valence-corrected chi connectivity index (χ4v) is 2.04. The van der Waals surface area contributed by atoms with Crippen molar-refractivity contribution >= 4 is 5.82 Å². The van der Waals surface area contributed by atoms with Gasteiger partial charge in [-0.3, -0.25) is 0 Å². The SMILES string of the molecule is CCCNc1ncnc(-c2ccc(CC)cc2)c1OC. The van der Waals surface area contributed by atoms with Crippen LogP contribution in [0.25, 0.3) is 11.3 Å². The van der Waals surface area contributed by atoms with Gasteiger partial charge in [0, 0.05) is 12.1 Å². The highest BCUT2D eigenvalue weighted by Gasteiger charge is 2.13. The van der Waals surface area contributed by atoms with Crippen LogP contribution in [0.2, 0.25) is 0 Å². The molecule has 4 nitrogen and oxygen atoms in total. The van der Waals surface area contributed by atoms with Gasteiger partial charge in [0.25, 0.3) is 0 Å². The number of hydrogen-bond donors (Lipinski definition) is 1. The van der Waals surface area contributed by atoms with E-state index in [2.05, 4.69) is 53.4 Å². The average molecular weight is 271 g/mol. The minimum Gasteiger partial charge on any atom is -0.491 e. The fraction of sp³-hybridized carbons (Fsp3) is 0.375. The lowest BCUT2D eigenvalue weighted by Gasteiger charge is -2.13. The molecular weight excluding hydrogens is 250 g/mol. The van der Waals surface area contributed by atoms with E-state index in [-0.39, 0.29) is 0 Å². The first-order valence-corrected chi connectivity index (χ1v) is 7.02. The molecular formula is C16H21N3O. The first-order valence-electron chi connectivity index (χ1n) is 7.02. The van der Waals surface area contributed by atoms with Gasteiger partial charge in [0.15, 0.2) is 11.6 Å². The van der Waals surface area contributed by atoms with Crippen molar-refractivity contribution in [3.63, 3.8) is 0 Å². The summed E-state index contributed by atoms with van der Waals surface area (Å²) < 4.78 is 5.50. The number of methoxy groups -OCH3 is 1. The van der Waals surface area contributed by atoms with Crippen LogP contribution in [0.3, 0.4) is 0 Å². The van der Waals surface area contributed by atoms with Gasteiger partial charge in [-0.25, -0.2) is 9.97 Å². The summed E-state index contributed by atoms with van der Waals surface area (Å²) in [7, 11) is 1.65. The number of aryl methyl sites for hydroxylation is 1. The molecule has 1 N–H and O–H groups in total. The van der Waals surface area contributed by atoms with Gasteiger partial charge in [0.1, 0.15) is 12.0 Å². The average Bonchev–Trinajstić information content (AvgIpc) is 2.52. The predicted molar refractivity (Wildman–Crippen MR) is 82.2 cm³/mol. The van der Waals surface area contributed by atoms with E-state index >= 15 is 0 Å². The van der Waals surface area contributed by atoms with Crippen molar-refractivity contribution < 1.29 is 4.74 Å². The Hall–Kier alpha value is -2.10. The van der Waals surface area contributed by atoms with Crippen molar-refractivity contribution in [2.24, 2.45) is 0 Å². The van der Waals surface area contributed by atoms with Gasteiger partial charge in [0.2, 0.25) is 0 Å². The fourth-order valence-electron chi connectivity index (χ4n) is 2.04. The normalized spacial score (nSPS) is 10.3. The monoisotopic (exact) mass is 271 g/mol. The third-order valence-electron chi connectivity index (χ3n) is 3.19. The molecule has 0 spiro atoms. The highest BCUT2D eigenvalue weighted by molar-refractivity contribution is 5.72. The molecule has 1 aromatic carbocycles. The van der Waals surface area contributed by atoms with E-state index in [0.29, 0.717) is 5.75 Å². The van der Waals surface area contributed by atoms with E-state index in [9.17, 15) is 0 Å². The van der Waals surface area contributed by atoms with Crippen LogP contribution in [0.1, 0.15) is 25.8 Å². The number of aromatic nitrogens is 2. The zero-order valence-electron chi connectivity index (χ0n) is 12.3. The number of benzene rings is 1. The van der Waals surface area contributed by atoms with E-state index in [1.165, 1.54) is 5.56 Å². The summed E-state index contributed by atoms with van der Waals surface area (Å²) >= 11 is 0. The molecule has 0 bridgehead atoms. The van der Waals surface area contributed by atoms with Gasteiger partial charge in [-0.2, -0.15) is 0 Å². The second kappa shape index (κ2) is 6.89. The summed E-state index contributed by atoms with van der Waals surface area (Å²) in [5, 5.41) is 3.27. The molecule has 1 heterocycles. The van der Waals surface area contributed by atoms with Crippen LogP contribution in [0.15, 0.2) is 30.6 Å². The maximum absolute atomic E-state index is 5.50. The Balaban J connectivity index is 2.38. The lowest BCUT2D eigenvalue weighted by atomic mass is 10.1. The third-order valence-corrected chi connectivity index (χ3v) is 3.19.